The fraction of sp³-hybridized carbons (Fsp3) is 0.250. The number of aromatic amines is 1. The maximum atomic E-state index is 11.4. The molecule has 23 heavy (non-hydrogen) atoms. The zero-order valence-corrected chi connectivity index (χ0v) is 13.9. The fourth-order valence-corrected chi connectivity index (χ4v) is 3.22. The SMILES string of the molecule is Cc1ccc(-c2[nH]c3c(C)c(C)ccc3c2CC(=O)O)c(C)c1. The van der Waals surface area contributed by atoms with Crippen molar-refractivity contribution in [3.8, 4) is 11.3 Å². The highest BCUT2D eigenvalue weighted by Gasteiger charge is 2.18. The Morgan fingerprint density at radius 1 is 1.04 bits per heavy atom. The van der Waals surface area contributed by atoms with Gasteiger partial charge in [0, 0.05) is 16.5 Å². The summed E-state index contributed by atoms with van der Waals surface area (Å²) in [6.45, 7) is 8.28. The van der Waals surface area contributed by atoms with Gasteiger partial charge in [-0.05, 0) is 49.9 Å². The van der Waals surface area contributed by atoms with Crippen molar-refractivity contribution in [2.75, 3.05) is 0 Å². The summed E-state index contributed by atoms with van der Waals surface area (Å²) in [5, 5.41) is 10.3. The molecule has 0 radical (unpaired) electrons. The van der Waals surface area contributed by atoms with Crippen molar-refractivity contribution in [3.05, 3.63) is 58.1 Å². The minimum atomic E-state index is -0.810. The van der Waals surface area contributed by atoms with Crippen LogP contribution in [0.4, 0.5) is 0 Å². The summed E-state index contributed by atoms with van der Waals surface area (Å²) in [5.41, 5.74) is 8.62. The molecular weight excluding hydrogens is 286 g/mol. The number of hydrogen-bond donors (Lipinski definition) is 2. The Morgan fingerprint density at radius 3 is 2.43 bits per heavy atom. The van der Waals surface area contributed by atoms with E-state index in [1.165, 1.54) is 16.7 Å². The van der Waals surface area contributed by atoms with Crippen LogP contribution >= 0.6 is 0 Å². The number of fused-ring (bicyclic) bond motifs is 1. The van der Waals surface area contributed by atoms with E-state index in [-0.39, 0.29) is 6.42 Å². The van der Waals surface area contributed by atoms with Gasteiger partial charge in [-0.3, -0.25) is 4.79 Å². The third kappa shape index (κ3) is 2.63. The number of aromatic nitrogens is 1. The molecule has 3 nitrogen and oxygen atoms in total. The van der Waals surface area contributed by atoms with E-state index in [0.29, 0.717) is 0 Å². The normalized spacial score (nSPS) is 11.1. The van der Waals surface area contributed by atoms with E-state index < -0.39 is 5.97 Å². The summed E-state index contributed by atoms with van der Waals surface area (Å²) in [6, 6.07) is 10.4. The number of aryl methyl sites for hydroxylation is 4. The largest absolute Gasteiger partial charge is 0.481 e. The number of aliphatic carboxylic acids is 1. The quantitative estimate of drug-likeness (QED) is 0.737. The van der Waals surface area contributed by atoms with E-state index in [1.807, 2.05) is 6.07 Å². The summed E-state index contributed by atoms with van der Waals surface area (Å²) in [6.07, 6.45) is 0.0190. The molecule has 1 aromatic heterocycles. The minimum Gasteiger partial charge on any atom is -0.481 e. The second-order valence-electron chi connectivity index (χ2n) is 6.30. The first-order valence-electron chi connectivity index (χ1n) is 7.78. The number of H-pyrrole nitrogens is 1. The van der Waals surface area contributed by atoms with Gasteiger partial charge >= 0.3 is 5.97 Å². The van der Waals surface area contributed by atoms with Crippen molar-refractivity contribution in [2.45, 2.75) is 34.1 Å². The minimum absolute atomic E-state index is 0.0190. The first-order valence-corrected chi connectivity index (χ1v) is 7.78. The van der Waals surface area contributed by atoms with Gasteiger partial charge in [0.05, 0.1) is 12.1 Å². The summed E-state index contributed by atoms with van der Waals surface area (Å²) in [4.78, 5) is 14.9. The molecule has 0 atom stereocenters. The molecule has 1 heterocycles. The van der Waals surface area contributed by atoms with Crippen molar-refractivity contribution >= 4 is 16.9 Å². The van der Waals surface area contributed by atoms with Gasteiger partial charge in [0.15, 0.2) is 0 Å². The van der Waals surface area contributed by atoms with E-state index >= 15 is 0 Å². The molecular formula is C20H21NO2. The average Bonchev–Trinajstić information content (AvgIpc) is 2.82. The van der Waals surface area contributed by atoms with E-state index in [0.717, 1.165) is 33.3 Å². The third-order valence-electron chi connectivity index (χ3n) is 4.59. The first kappa shape index (κ1) is 15.3. The molecule has 3 heteroatoms. The zero-order chi connectivity index (χ0) is 16.7. The number of rotatable bonds is 3. The van der Waals surface area contributed by atoms with E-state index in [2.05, 4.69) is 56.9 Å². The van der Waals surface area contributed by atoms with Crippen molar-refractivity contribution in [1.82, 2.24) is 4.98 Å². The van der Waals surface area contributed by atoms with Crippen LogP contribution in [0, 0.1) is 27.7 Å². The smallest absolute Gasteiger partial charge is 0.307 e. The number of carboxylic acid groups (broad SMARTS) is 1. The van der Waals surface area contributed by atoms with Crippen LogP contribution in [0.15, 0.2) is 30.3 Å². The lowest BCUT2D eigenvalue weighted by Gasteiger charge is -2.08. The Kier molecular flexibility index (Phi) is 3.72. The molecule has 0 aliphatic heterocycles. The average molecular weight is 307 g/mol. The molecule has 2 aromatic carbocycles. The molecule has 2 N–H and O–H groups in total. The summed E-state index contributed by atoms with van der Waals surface area (Å²) in [7, 11) is 0. The molecule has 0 unspecified atom stereocenters. The Hall–Kier alpha value is -2.55. The molecule has 0 aliphatic rings. The van der Waals surface area contributed by atoms with Gasteiger partial charge in [0.2, 0.25) is 0 Å². The summed E-state index contributed by atoms with van der Waals surface area (Å²) < 4.78 is 0. The van der Waals surface area contributed by atoms with E-state index in [4.69, 9.17) is 0 Å². The maximum absolute atomic E-state index is 11.4. The predicted molar refractivity (Wildman–Crippen MR) is 94.0 cm³/mol. The highest BCUT2D eigenvalue weighted by Crippen LogP contribution is 2.35. The Labute approximate surface area is 136 Å². The van der Waals surface area contributed by atoms with Crippen LogP contribution in [0.3, 0.4) is 0 Å². The van der Waals surface area contributed by atoms with Gasteiger partial charge in [0.1, 0.15) is 0 Å². The Morgan fingerprint density at radius 2 is 1.78 bits per heavy atom. The lowest BCUT2D eigenvalue weighted by molar-refractivity contribution is -0.136. The van der Waals surface area contributed by atoms with Gasteiger partial charge in [-0.2, -0.15) is 0 Å². The number of benzene rings is 2. The van der Waals surface area contributed by atoms with Crippen LogP contribution < -0.4 is 0 Å². The van der Waals surface area contributed by atoms with Crippen molar-refractivity contribution in [1.29, 1.82) is 0 Å². The monoisotopic (exact) mass is 307 g/mol. The lowest BCUT2D eigenvalue weighted by Crippen LogP contribution is -2.01. The number of carboxylic acids is 1. The molecule has 0 saturated heterocycles. The molecule has 0 spiro atoms. The second-order valence-corrected chi connectivity index (χ2v) is 6.30. The first-order chi connectivity index (χ1) is 10.9. The molecule has 0 fully saturated rings. The standard InChI is InChI=1S/C20H21NO2/c1-11-5-7-15(13(3)9-11)20-17(10-18(22)23)16-8-6-12(2)14(4)19(16)21-20/h5-9,21H,10H2,1-4H3,(H,22,23). The zero-order valence-electron chi connectivity index (χ0n) is 13.9. The van der Waals surface area contributed by atoms with Crippen molar-refractivity contribution in [2.24, 2.45) is 0 Å². The van der Waals surface area contributed by atoms with Gasteiger partial charge < -0.3 is 10.1 Å². The number of hydrogen-bond acceptors (Lipinski definition) is 1. The van der Waals surface area contributed by atoms with Gasteiger partial charge in [-0.1, -0.05) is 35.9 Å². The topological polar surface area (TPSA) is 53.1 Å². The molecule has 3 rings (SSSR count). The third-order valence-corrected chi connectivity index (χ3v) is 4.59. The van der Waals surface area contributed by atoms with E-state index in [9.17, 15) is 9.90 Å². The van der Waals surface area contributed by atoms with Crippen molar-refractivity contribution in [3.63, 3.8) is 0 Å². The highest BCUT2D eigenvalue weighted by atomic mass is 16.4. The summed E-state index contributed by atoms with van der Waals surface area (Å²) >= 11 is 0. The molecule has 3 aromatic rings. The van der Waals surface area contributed by atoms with Crippen LogP contribution in [-0.2, 0) is 11.2 Å². The van der Waals surface area contributed by atoms with E-state index in [1.54, 1.807) is 0 Å². The van der Waals surface area contributed by atoms with Gasteiger partial charge in [-0.15, -0.1) is 0 Å². The molecule has 0 saturated carbocycles. The molecule has 0 amide bonds. The highest BCUT2D eigenvalue weighted by molar-refractivity contribution is 5.96. The van der Waals surface area contributed by atoms with Crippen molar-refractivity contribution < 1.29 is 9.90 Å². The Balaban J connectivity index is 2.34. The number of nitrogens with one attached hydrogen (secondary N) is 1. The Bertz CT molecular complexity index is 919. The summed E-state index contributed by atoms with van der Waals surface area (Å²) in [5.74, 6) is -0.810. The maximum Gasteiger partial charge on any atom is 0.307 e. The van der Waals surface area contributed by atoms with Crippen LogP contribution in [0.1, 0.15) is 27.8 Å². The van der Waals surface area contributed by atoms with Gasteiger partial charge in [-0.25, -0.2) is 0 Å². The number of carbonyl (C=O) groups is 1. The predicted octanol–water partition coefficient (Wildman–Crippen LogP) is 4.70. The van der Waals surface area contributed by atoms with Gasteiger partial charge in [0.25, 0.3) is 0 Å². The van der Waals surface area contributed by atoms with Crippen LogP contribution in [0.2, 0.25) is 0 Å². The van der Waals surface area contributed by atoms with Crippen LogP contribution in [-0.4, -0.2) is 16.1 Å². The molecule has 0 aliphatic carbocycles. The second kappa shape index (κ2) is 5.58. The van der Waals surface area contributed by atoms with Crippen LogP contribution in [0.5, 0.6) is 0 Å². The molecule has 118 valence electrons. The molecule has 0 bridgehead atoms. The lowest BCUT2D eigenvalue weighted by atomic mass is 9.97. The fourth-order valence-electron chi connectivity index (χ4n) is 3.22. The van der Waals surface area contributed by atoms with Crippen LogP contribution in [0.25, 0.3) is 22.2 Å².